The van der Waals surface area contributed by atoms with Gasteiger partial charge in [-0.2, -0.15) is 0 Å². The Labute approximate surface area is 160 Å². The van der Waals surface area contributed by atoms with Gasteiger partial charge in [0.15, 0.2) is 0 Å². The van der Waals surface area contributed by atoms with Crippen LogP contribution in [-0.2, 0) is 16.0 Å². The van der Waals surface area contributed by atoms with Gasteiger partial charge in [-0.1, -0.05) is 18.2 Å². The van der Waals surface area contributed by atoms with Gasteiger partial charge >= 0.3 is 6.09 Å². The molecule has 0 aliphatic carbocycles. The fourth-order valence-electron chi connectivity index (χ4n) is 3.30. The lowest BCUT2D eigenvalue weighted by Gasteiger charge is -2.29. The van der Waals surface area contributed by atoms with Gasteiger partial charge in [0, 0.05) is 24.8 Å². The van der Waals surface area contributed by atoms with Crippen molar-refractivity contribution in [1.82, 2.24) is 0 Å². The molecule has 2 aromatic rings. The average molecular weight is 366 g/mol. The number of carbonyl (C=O) groups excluding carboxylic acids is 2. The summed E-state index contributed by atoms with van der Waals surface area (Å²) in [5.41, 5.74) is 4.39. The lowest BCUT2D eigenvalue weighted by atomic mass is 9.96. The van der Waals surface area contributed by atoms with Crippen LogP contribution in [0.2, 0.25) is 0 Å². The van der Waals surface area contributed by atoms with E-state index in [1.54, 1.807) is 6.92 Å². The zero-order valence-corrected chi connectivity index (χ0v) is 16.3. The van der Waals surface area contributed by atoms with E-state index in [9.17, 15) is 9.59 Å². The second kappa shape index (κ2) is 7.43. The summed E-state index contributed by atoms with van der Waals surface area (Å²) < 4.78 is 5.31. The zero-order valence-electron chi connectivity index (χ0n) is 16.3. The first kappa shape index (κ1) is 19.0. The molecule has 2 aromatic carbocycles. The molecule has 5 nitrogen and oxygen atoms in total. The second-order valence-corrected chi connectivity index (χ2v) is 7.83. The molecule has 2 amide bonds. The van der Waals surface area contributed by atoms with Crippen molar-refractivity contribution in [2.75, 3.05) is 16.8 Å². The van der Waals surface area contributed by atoms with Crippen molar-refractivity contribution in [2.24, 2.45) is 0 Å². The Balaban J connectivity index is 1.83. The number of amides is 2. The molecule has 142 valence electrons. The molecular weight excluding hydrogens is 340 g/mol. The number of ether oxygens (including phenoxy) is 1. The molecule has 27 heavy (non-hydrogen) atoms. The summed E-state index contributed by atoms with van der Waals surface area (Å²) in [6.45, 7) is 7.88. The number of aryl methyl sites for hydroxylation is 1. The first-order valence-electron chi connectivity index (χ1n) is 9.24. The van der Waals surface area contributed by atoms with E-state index < -0.39 is 11.7 Å². The Kier molecular flexibility index (Phi) is 5.22. The van der Waals surface area contributed by atoms with Crippen LogP contribution in [0.15, 0.2) is 42.5 Å². The Morgan fingerprint density at radius 2 is 1.81 bits per heavy atom. The van der Waals surface area contributed by atoms with Crippen LogP contribution in [0.3, 0.4) is 0 Å². The minimum atomic E-state index is -0.539. The van der Waals surface area contributed by atoms with Gasteiger partial charge in [-0.25, -0.2) is 4.79 Å². The van der Waals surface area contributed by atoms with E-state index in [-0.39, 0.29) is 5.91 Å². The third kappa shape index (κ3) is 4.67. The van der Waals surface area contributed by atoms with Crippen LogP contribution in [0.5, 0.6) is 0 Å². The molecule has 0 fully saturated rings. The molecule has 1 aliphatic rings. The maximum Gasteiger partial charge on any atom is 0.412 e. The van der Waals surface area contributed by atoms with Gasteiger partial charge in [0.05, 0.1) is 0 Å². The van der Waals surface area contributed by atoms with Gasteiger partial charge in [0.2, 0.25) is 5.91 Å². The molecule has 1 heterocycles. The minimum Gasteiger partial charge on any atom is -0.444 e. The molecular formula is C22H26N2O3. The van der Waals surface area contributed by atoms with Crippen molar-refractivity contribution in [3.05, 3.63) is 48.0 Å². The highest BCUT2D eigenvalue weighted by Crippen LogP contribution is 2.32. The predicted octanol–water partition coefficient (Wildman–Crippen LogP) is 5.00. The molecule has 0 radical (unpaired) electrons. The number of carbonyl (C=O) groups is 2. The zero-order chi connectivity index (χ0) is 19.6. The van der Waals surface area contributed by atoms with Crippen molar-refractivity contribution in [2.45, 2.75) is 46.1 Å². The summed E-state index contributed by atoms with van der Waals surface area (Å²) in [5, 5.41) is 2.78. The van der Waals surface area contributed by atoms with Gasteiger partial charge < -0.3 is 9.64 Å². The number of nitrogens with one attached hydrogen (secondary N) is 1. The normalized spacial score (nSPS) is 13.7. The lowest BCUT2D eigenvalue weighted by Crippen LogP contribution is -2.33. The highest BCUT2D eigenvalue weighted by atomic mass is 16.6. The van der Waals surface area contributed by atoms with E-state index in [1.165, 1.54) is 5.56 Å². The third-order valence-corrected chi connectivity index (χ3v) is 4.42. The number of nitrogens with zero attached hydrogens (tertiary/aromatic N) is 1. The average Bonchev–Trinajstić information content (AvgIpc) is 2.59. The lowest BCUT2D eigenvalue weighted by molar-refractivity contribution is -0.116. The second-order valence-electron chi connectivity index (χ2n) is 7.83. The molecule has 0 spiro atoms. The quantitative estimate of drug-likeness (QED) is 0.814. The van der Waals surface area contributed by atoms with Crippen LogP contribution in [0, 0.1) is 0 Å². The molecule has 0 saturated heterocycles. The maximum atomic E-state index is 12.0. The number of hydrogen-bond acceptors (Lipinski definition) is 3. The first-order valence-corrected chi connectivity index (χ1v) is 9.24. The van der Waals surface area contributed by atoms with Crippen molar-refractivity contribution in [3.63, 3.8) is 0 Å². The summed E-state index contributed by atoms with van der Waals surface area (Å²) in [5.74, 6) is 0.0762. The van der Waals surface area contributed by atoms with E-state index in [0.29, 0.717) is 5.69 Å². The Bertz CT molecular complexity index is 868. The fourth-order valence-corrected chi connectivity index (χ4v) is 3.30. The highest BCUT2D eigenvalue weighted by molar-refractivity contribution is 5.93. The summed E-state index contributed by atoms with van der Waals surface area (Å²) in [6, 6.07) is 13.8. The molecule has 1 aliphatic heterocycles. The number of benzene rings is 2. The smallest absolute Gasteiger partial charge is 0.412 e. The van der Waals surface area contributed by atoms with Gasteiger partial charge in [0.25, 0.3) is 0 Å². The van der Waals surface area contributed by atoms with E-state index in [0.717, 1.165) is 36.2 Å². The Hall–Kier alpha value is -2.82. The molecule has 0 aromatic heterocycles. The molecule has 0 unspecified atom stereocenters. The van der Waals surface area contributed by atoms with Gasteiger partial charge in [-0.3, -0.25) is 10.1 Å². The standard InChI is InChI=1S/C22H26N2O3/c1-15(25)24-12-6-8-18-13-17(10-11-20(18)24)16-7-5-9-19(14-16)23-21(26)27-22(2,3)4/h5,7,9-11,13-14H,6,8,12H2,1-4H3,(H,23,26). The largest absolute Gasteiger partial charge is 0.444 e. The monoisotopic (exact) mass is 366 g/mol. The number of fused-ring (bicyclic) bond motifs is 1. The highest BCUT2D eigenvalue weighted by Gasteiger charge is 2.20. The third-order valence-electron chi connectivity index (χ3n) is 4.42. The SMILES string of the molecule is CC(=O)N1CCCc2cc(-c3cccc(NC(=O)OC(C)(C)C)c3)ccc21. The van der Waals surface area contributed by atoms with E-state index in [2.05, 4.69) is 11.4 Å². The van der Waals surface area contributed by atoms with Crippen LogP contribution >= 0.6 is 0 Å². The van der Waals surface area contributed by atoms with Crippen LogP contribution < -0.4 is 10.2 Å². The van der Waals surface area contributed by atoms with Gasteiger partial charge in [-0.15, -0.1) is 0 Å². The van der Waals surface area contributed by atoms with E-state index in [1.807, 2.05) is 62.1 Å². The summed E-state index contributed by atoms with van der Waals surface area (Å²) in [4.78, 5) is 25.7. The molecule has 3 rings (SSSR count). The molecule has 0 atom stereocenters. The van der Waals surface area contributed by atoms with Gasteiger partial charge in [-0.05, 0) is 74.6 Å². The number of anilines is 2. The number of rotatable bonds is 2. The van der Waals surface area contributed by atoms with Crippen LogP contribution in [-0.4, -0.2) is 24.1 Å². The van der Waals surface area contributed by atoms with E-state index >= 15 is 0 Å². The molecule has 5 heteroatoms. The van der Waals surface area contributed by atoms with Crippen LogP contribution in [0.25, 0.3) is 11.1 Å². The van der Waals surface area contributed by atoms with Crippen LogP contribution in [0.4, 0.5) is 16.2 Å². The predicted molar refractivity (Wildman–Crippen MR) is 108 cm³/mol. The Morgan fingerprint density at radius 3 is 2.52 bits per heavy atom. The van der Waals surface area contributed by atoms with E-state index in [4.69, 9.17) is 4.74 Å². The number of hydrogen-bond donors (Lipinski definition) is 1. The van der Waals surface area contributed by atoms with Crippen molar-refractivity contribution < 1.29 is 14.3 Å². The van der Waals surface area contributed by atoms with Crippen molar-refractivity contribution in [1.29, 1.82) is 0 Å². The molecule has 0 bridgehead atoms. The summed E-state index contributed by atoms with van der Waals surface area (Å²) in [7, 11) is 0. The van der Waals surface area contributed by atoms with Crippen molar-refractivity contribution in [3.8, 4) is 11.1 Å². The van der Waals surface area contributed by atoms with Crippen LogP contribution in [0.1, 0.15) is 39.7 Å². The van der Waals surface area contributed by atoms with Gasteiger partial charge in [0.1, 0.15) is 5.60 Å². The molecule has 1 N–H and O–H groups in total. The maximum absolute atomic E-state index is 12.0. The minimum absolute atomic E-state index is 0.0762. The van der Waals surface area contributed by atoms with Crippen molar-refractivity contribution >= 4 is 23.4 Å². The topological polar surface area (TPSA) is 58.6 Å². The Morgan fingerprint density at radius 1 is 1.07 bits per heavy atom. The molecule has 0 saturated carbocycles. The summed E-state index contributed by atoms with van der Waals surface area (Å²) >= 11 is 0. The first-order chi connectivity index (χ1) is 12.7. The fraction of sp³-hybridized carbons (Fsp3) is 0.364. The summed E-state index contributed by atoms with van der Waals surface area (Å²) in [6.07, 6.45) is 1.46.